The van der Waals surface area contributed by atoms with Gasteiger partial charge >= 0.3 is 0 Å². The summed E-state index contributed by atoms with van der Waals surface area (Å²) in [6.45, 7) is 7.66. The summed E-state index contributed by atoms with van der Waals surface area (Å²) in [6, 6.07) is 11.2. The first-order valence-electron chi connectivity index (χ1n) is 8.70. The van der Waals surface area contributed by atoms with Gasteiger partial charge in [0.1, 0.15) is 0 Å². The van der Waals surface area contributed by atoms with Gasteiger partial charge in [0.15, 0.2) is 12.0 Å². The van der Waals surface area contributed by atoms with Gasteiger partial charge in [-0.1, -0.05) is 35.0 Å². The first kappa shape index (κ1) is 16.9. The normalized spacial score (nSPS) is 16.8. The van der Waals surface area contributed by atoms with Crippen LogP contribution in [0.1, 0.15) is 44.0 Å². The van der Waals surface area contributed by atoms with Gasteiger partial charge < -0.3 is 14.9 Å². The van der Waals surface area contributed by atoms with Gasteiger partial charge in [-0.3, -0.25) is 4.90 Å². The van der Waals surface area contributed by atoms with E-state index in [1.165, 1.54) is 5.56 Å². The summed E-state index contributed by atoms with van der Waals surface area (Å²) in [4.78, 5) is 2.49. The van der Waals surface area contributed by atoms with E-state index in [4.69, 9.17) is 4.52 Å². The van der Waals surface area contributed by atoms with Crippen LogP contribution in [-0.4, -0.2) is 29.3 Å². The lowest BCUT2D eigenvalue weighted by molar-refractivity contribution is -0.785. The Balaban J connectivity index is 1.47. The summed E-state index contributed by atoms with van der Waals surface area (Å²) in [6.07, 6.45) is 2.18. The van der Waals surface area contributed by atoms with Crippen molar-refractivity contribution >= 4 is 0 Å². The molecule has 0 amide bonds. The third-order valence-electron chi connectivity index (χ3n) is 4.61. The first-order valence-corrected chi connectivity index (χ1v) is 8.70. The smallest absolute Gasteiger partial charge is 0.247 e. The summed E-state index contributed by atoms with van der Waals surface area (Å²) < 4.78 is 6.46. The SMILES string of the molecule is CC(C)[n+]1noc([O-])c1CNC1CCN(Cc2ccccc2)CC1. The Kier molecular flexibility index (Phi) is 5.48. The number of hydrogen-bond donors (Lipinski definition) is 1. The summed E-state index contributed by atoms with van der Waals surface area (Å²) >= 11 is 0. The van der Waals surface area contributed by atoms with Crippen LogP contribution < -0.4 is 15.1 Å². The van der Waals surface area contributed by atoms with Crippen molar-refractivity contribution in [3.05, 3.63) is 41.6 Å². The zero-order valence-electron chi connectivity index (χ0n) is 14.4. The van der Waals surface area contributed by atoms with Crippen LogP contribution in [0.4, 0.5) is 0 Å². The highest BCUT2D eigenvalue weighted by molar-refractivity contribution is 5.14. The molecule has 1 aromatic heterocycles. The van der Waals surface area contributed by atoms with Crippen LogP contribution in [0.25, 0.3) is 0 Å². The Morgan fingerprint density at radius 3 is 2.67 bits per heavy atom. The maximum atomic E-state index is 11.8. The summed E-state index contributed by atoms with van der Waals surface area (Å²) in [7, 11) is 0. The van der Waals surface area contributed by atoms with Crippen molar-refractivity contribution in [1.82, 2.24) is 15.5 Å². The fourth-order valence-electron chi connectivity index (χ4n) is 3.21. The molecule has 1 N–H and O–H groups in total. The third-order valence-corrected chi connectivity index (χ3v) is 4.61. The van der Waals surface area contributed by atoms with E-state index in [0.29, 0.717) is 18.3 Å². The number of aromatic nitrogens is 2. The summed E-state index contributed by atoms with van der Waals surface area (Å²) in [5.74, 6) is -0.335. The van der Waals surface area contributed by atoms with E-state index in [-0.39, 0.29) is 12.0 Å². The minimum absolute atomic E-state index is 0.126. The Labute approximate surface area is 143 Å². The molecule has 0 saturated carbocycles. The molecule has 0 spiro atoms. The van der Waals surface area contributed by atoms with E-state index in [1.54, 1.807) is 4.68 Å². The molecule has 130 valence electrons. The van der Waals surface area contributed by atoms with Crippen LogP contribution in [0.3, 0.4) is 0 Å². The second-order valence-corrected chi connectivity index (χ2v) is 6.76. The minimum atomic E-state index is -0.335. The fraction of sp³-hybridized carbons (Fsp3) is 0.556. The molecule has 1 fully saturated rings. The lowest BCUT2D eigenvalue weighted by atomic mass is 10.0. The molecule has 0 atom stereocenters. The van der Waals surface area contributed by atoms with Gasteiger partial charge in [-0.15, -0.1) is 0 Å². The molecule has 6 nitrogen and oxygen atoms in total. The molecule has 2 heterocycles. The molecule has 1 aliphatic heterocycles. The number of rotatable bonds is 6. The maximum Gasteiger partial charge on any atom is 0.247 e. The molecule has 24 heavy (non-hydrogen) atoms. The van der Waals surface area contributed by atoms with Crippen LogP contribution in [0.15, 0.2) is 34.9 Å². The number of piperidine rings is 1. The number of hydrogen-bond acceptors (Lipinski definition) is 5. The van der Waals surface area contributed by atoms with Gasteiger partial charge in [0, 0.05) is 12.6 Å². The average molecular weight is 330 g/mol. The number of benzene rings is 1. The van der Waals surface area contributed by atoms with Gasteiger partial charge in [-0.25, -0.2) is 0 Å². The second kappa shape index (κ2) is 7.77. The fourth-order valence-corrected chi connectivity index (χ4v) is 3.21. The zero-order chi connectivity index (χ0) is 16.9. The van der Waals surface area contributed by atoms with Crippen molar-refractivity contribution in [2.24, 2.45) is 0 Å². The molecule has 1 aliphatic rings. The Bertz CT molecular complexity index is 634. The van der Waals surface area contributed by atoms with E-state index < -0.39 is 0 Å². The maximum absolute atomic E-state index is 11.8. The molecule has 1 saturated heterocycles. The third kappa shape index (κ3) is 4.13. The van der Waals surface area contributed by atoms with Crippen LogP contribution in [0, 0.1) is 0 Å². The van der Waals surface area contributed by atoms with E-state index in [2.05, 4.69) is 45.8 Å². The lowest BCUT2D eigenvalue weighted by Gasteiger charge is -2.32. The van der Waals surface area contributed by atoms with Crippen LogP contribution in [0.2, 0.25) is 0 Å². The Morgan fingerprint density at radius 2 is 2.00 bits per heavy atom. The largest absolute Gasteiger partial charge is 0.539 e. The van der Waals surface area contributed by atoms with Crippen molar-refractivity contribution < 1.29 is 14.3 Å². The number of likely N-dealkylation sites (tertiary alicyclic amines) is 1. The van der Waals surface area contributed by atoms with E-state index in [9.17, 15) is 5.11 Å². The number of nitrogens with one attached hydrogen (secondary N) is 1. The zero-order valence-corrected chi connectivity index (χ0v) is 14.4. The van der Waals surface area contributed by atoms with Gasteiger partial charge in [0.2, 0.25) is 5.69 Å². The molecular weight excluding hydrogens is 304 g/mol. The van der Waals surface area contributed by atoms with Crippen molar-refractivity contribution in [3.63, 3.8) is 0 Å². The molecule has 1 aromatic carbocycles. The standard InChI is InChI=1S/C18H26N4O2/c1-14(2)22-17(18(23)24-20-22)12-19-16-8-10-21(11-9-16)13-15-6-4-3-5-7-15/h3-7,14,16,19H,8-13H2,1-2H3. The monoisotopic (exact) mass is 330 g/mol. The van der Waals surface area contributed by atoms with Gasteiger partial charge in [0.05, 0.1) is 11.8 Å². The van der Waals surface area contributed by atoms with Crippen molar-refractivity contribution in [1.29, 1.82) is 0 Å². The van der Waals surface area contributed by atoms with E-state index in [1.807, 2.05) is 13.8 Å². The topological polar surface area (TPSA) is 68.2 Å². The molecule has 0 radical (unpaired) electrons. The Hall–Kier alpha value is -1.92. The highest BCUT2D eigenvalue weighted by atomic mass is 16.6. The molecule has 0 aliphatic carbocycles. The van der Waals surface area contributed by atoms with Gasteiger partial charge in [-0.2, -0.15) is 0 Å². The predicted octanol–water partition coefficient (Wildman–Crippen LogP) is 1.37. The molecule has 6 heteroatoms. The Morgan fingerprint density at radius 1 is 1.29 bits per heavy atom. The minimum Gasteiger partial charge on any atom is -0.539 e. The summed E-state index contributed by atoms with van der Waals surface area (Å²) in [5.41, 5.74) is 1.97. The van der Waals surface area contributed by atoms with Crippen LogP contribution in [0.5, 0.6) is 5.95 Å². The first-order chi connectivity index (χ1) is 11.6. The average Bonchev–Trinajstić information content (AvgIpc) is 2.96. The van der Waals surface area contributed by atoms with Crippen molar-refractivity contribution in [2.45, 2.75) is 51.9 Å². The van der Waals surface area contributed by atoms with Crippen molar-refractivity contribution in [3.8, 4) is 5.95 Å². The molecular formula is C18H26N4O2. The van der Waals surface area contributed by atoms with Gasteiger partial charge in [0.25, 0.3) is 0 Å². The highest BCUT2D eigenvalue weighted by Gasteiger charge is 2.23. The highest BCUT2D eigenvalue weighted by Crippen LogP contribution is 2.15. The van der Waals surface area contributed by atoms with Crippen LogP contribution >= 0.6 is 0 Å². The molecule has 3 rings (SSSR count). The second-order valence-electron chi connectivity index (χ2n) is 6.76. The van der Waals surface area contributed by atoms with Gasteiger partial charge in [-0.05, 0) is 45.3 Å². The molecule has 0 unspecified atom stereocenters. The van der Waals surface area contributed by atoms with Crippen LogP contribution in [-0.2, 0) is 13.1 Å². The molecule has 0 bridgehead atoms. The lowest BCUT2D eigenvalue weighted by Crippen LogP contribution is -2.46. The summed E-state index contributed by atoms with van der Waals surface area (Å²) in [5, 5.41) is 19.1. The quantitative estimate of drug-likeness (QED) is 0.810. The number of nitrogens with zero attached hydrogens (tertiary/aromatic N) is 3. The van der Waals surface area contributed by atoms with E-state index >= 15 is 0 Å². The predicted molar refractivity (Wildman–Crippen MR) is 88.1 cm³/mol. The van der Waals surface area contributed by atoms with E-state index in [0.717, 1.165) is 32.5 Å². The molecule has 2 aromatic rings. The van der Waals surface area contributed by atoms with Crippen molar-refractivity contribution in [2.75, 3.05) is 13.1 Å².